The molecule has 32 heavy (non-hydrogen) atoms. The number of carbonyl (C=O) groups excluding carboxylic acids is 2. The zero-order chi connectivity index (χ0) is 22.1. The van der Waals surface area contributed by atoms with E-state index in [9.17, 15) is 9.59 Å². The first-order valence-corrected chi connectivity index (χ1v) is 10.9. The van der Waals surface area contributed by atoms with Crippen LogP contribution in [0.2, 0.25) is 0 Å². The number of pyridine rings is 1. The number of likely N-dealkylation sites (tertiary alicyclic amines) is 1. The molecule has 0 bridgehead atoms. The van der Waals surface area contributed by atoms with Crippen LogP contribution in [0.4, 0.5) is 0 Å². The number of nitrogens with zero attached hydrogens (tertiary/aromatic N) is 3. The van der Waals surface area contributed by atoms with E-state index in [0.29, 0.717) is 35.8 Å². The molecule has 1 spiro atoms. The van der Waals surface area contributed by atoms with Crippen LogP contribution in [-0.2, 0) is 11.2 Å². The summed E-state index contributed by atoms with van der Waals surface area (Å²) in [4.78, 5) is 31.1. The first-order valence-electron chi connectivity index (χ1n) is 10.9. The molecule has 2 fully saturated rings. The molecule has 0 radical (unpaired) electrons. The Kier molecular flexibility index (Phi) is 5.14. The van der Waals surface area contributed by atoms with Crippen LogP contribution in [0.25, 0.3) is 11.0 Å². The van der Waals surface area contributed by atoms with Crippen LogP contribution in [0.5, 0.6) is 0 Å². The minimum absolute atomic E-state index is 0.111. The van der Waals surface area contributed by atoms with Crippen LogP contribution in [0.3, 0.4) is 0 Å². The van der Waals surface area contributed by atoms with Crippen LogP contribution in [0, 0.1) is 22.7 Å². The van der Waals surface area contributed by atoms with E-state index in [1.165, 1.54) is 0 Å². The summed E-state index contributed by atoms with van der Waals surface area (Å²) in [6, 6.07) is 12.9. The van der Waals surface area contributed by atoms with Crippen LogP contribution < -0.4 is 5.32 Å². The molecule has 7 nitrogen and oxygen atoms in total. The van der Waals surface area contributed by atoms with E-state index in [1.54, 1.807) is 30.6 Å². The van der Waals surface area contributed by atoms with Crippen molar-refractivity contribution in [2.45, 2.75) is 25.7 Å². The second kappa shape index (κ2) is 8.12. The summed E-state index contributed by atoms with van der Waals surface area (Å²) in [6.45, 7) is 2.12. The van der Waals surface area contributed by atoms with Crippen LogP contribution in [0.1, 0.15) is 40.9 Å². The Labute approximate surface area is 186 Å². The minimum atomic E-state index is -0.199. The third-order valence-corrected chi connectivity index (χ3v) is 6.94. The average molecular weight is 428 g/mol. The molecule has 1 N–H and O–H groups in total. The molecule has 1 saturated heterocycles. The molecule has 2 aliphatic rings. The summed E-state index contributed by atoms with van der Waals surface area (Å²) >= 11 is 0. The molecular formula is C25H24N4O3. The van der Waals surface area contributed by atoms with Gasteiger partial charge in [0.25, 0.3) is 5.91 Å². The van der Waals surface area contributed by atoms with Crippen molar-refractivity contribution in [1.82, 2.24) is 15.2 Å². The fourth-order valence-electron chi connectivity index (χ4n) is 4.87. The van der Waals surface area contributed by atoms with Gasteiger partial charge in [-0.3, -0.25) is 14.6 Å². The van der Waals surface area contributed by atoms with Crippen molar-refractivity contribution in [2.75, 3.05) is 19.6 Å². The molecule has 2 amide bonds. The number of furan rings is 1. The molecule has 5 rings (SSSR count). The first kappa shape index (κ1) is 20.3. The number of nitriles is 1. The lowest BCUT2D eigenvalue weighted by Gasteiger charge is -2.33. The number of aromatic nitrogens is 1. The lowest BCUT2D eigenvalue weighted by atomic mass is 9.90. The van der Waals surface area contributed by atoms with Crippen molar-refractivity contribution in [3.8, 4) is 6.07 Å². The van der Waals surface area contributed by atoms with Gasteiger partial charge in [0.1, 0.15) is 0 Å². The molecule has 7 heteroatoms. The highest BCUT2D eigenvalue weighted by Gasteiger charge is 2.54. The molecule has 1 saturated carbocycles. The summed E-state index contributed by atoms with van der Waals surface area (Å²) < 4.78 is 5.59. The minimum Gasteiger partial charge on any atom is -0.449 e. The van der Waals surface area contributed by atoms with Crippen molar-refractivity contribution in [3.63, 3.8) is 0 Å². The van der Waals surface area contributed by atoms with E-state index < -0.39 is 0 Å². The maximum absolute atomic E-state index is 12.7. The topological polar surface area (TPSA) is 99.2 Å². The summed E-state index contributed by atoms with van der Waals surface area (Å²) in [5, 5.41) is 12.9. The van der Waals surface area contributed by atoms with Gasteiger partial charge in [-0.1, -0.05) is 12.1 Å². The number of nitrogens with one attached hydrogen (secondary N) is 1. The molecular weight excluding hydrogens is 404 g/mol. The number of hydrogen-bond acceptors (Lipinski definition) is 5. The lowest BCUT2D eigenvalue weighted by Crippen LogP contribution is -2.41. The van der Waals surface area contributed by atoms with Gasteiger partial charge in [0.05, 0.1) is 24.3 Å². The van der Waals surface area contributed by atoms with Crippen LogP contribution >= 0.6 is 0 Å². The van der Waals surface area contributed by atoms with Gasteiger partial charge in [0.2, 0.25) is 5.91 Å². The molecule has 3 heterocycles. The maximum atomic E-state index is 12.7. The Balaban J connectivity index is 1.10. The van der Waals surface area contributed by atoms with E-state index in [1.807, 2.05) is 23.1 Å². The van der Waals surface area contributed by atoms with Crippen molar-refractivity contribution >= 4 is 22.8 Å². The number of carbonyl (C=O) groups is 2. The van der Waals surface area contributed by atoms with Crippen molar-refractivity contribution in [2.24, 2.45) is 11.3 Å². The Hall–Kier alpha value is -3.66. The number of amides is 2. The van der Waals surface area contributed by atoms with E-state index in [-0.39, 0.29) is 17.2 Å². The van der Waals surface area contributed by atoms with Gasteiger partial charge in [0, 0.05) is 31.2 Å². The van der Waals surface area contributed by atoms with E-state index in [4.69, 9.17) is 9.68 Å². The fourth-order valence-corrected chi connectivity index (χ4v) is 4.87. The third kappa shape index (κ3) is 3.96. The summed E-state index contributed by atoms with van der Waals surface area (Å²) in [5.41, 5.74) is 2.30. The summed E-state index contributed by atoms with van der Waals surface area (Å²) in [5.74, 6) is 0.668. The Morgan fingerprint density at radius 3 is 2.88 bits per heavy atom. The third-order valence-electron chi connectivity index (χ3n) is 6.94. The van der Waals surface area contributed by atoms with Gasteiger partial charge in [-0.05, 0) is 60.4 Å². The van der Waals surface area contributed by atoms with Gasteiger partial charge < -0.3 is 14.6 Å². The number of rotatable bonds is 5. The first-order chi connectivity index (χ1) is 15.6. The standard InChI is InChI=1S/C25H24N4O3/c26-14-18-3-1-2-17(10-18)11-23(30)29-8-5-25(6-9-29)13-20(25)15-28-24(31)21-12-19-4-7-27-16-22(19)32-21/h1-4,7,10,12,16,20H,5-6,8-9,11,13,15H2,(H,28,31). The zero-order valence-corrected chi connectivity index (χ0v) is 17.7. The smallest absolute Gasteiger partial charge is 0.287 e. The molecule has 1 aliphatic carbocycles. The molecule has 3 aromatic rings. The summed E-state index contributed by atoms with van der Waals surface area (Å²) in [6.07, 6.45) is 6.63. The van der Waals surface area contributed by atoms with Crippen LogP contribution in [0.15, 0.2) is 53.2 Å². The van der Waals surface area contributed by atoms with Gasteiger partial charge in [0.15, 0.2) is 11.3 Å². The van der Waals surface area contributed by atoms with Gasteiger partial charge in [-0.2, -0.15) is 5.26 Å². The second-order valence-corrected chi connectivity index (χ2v) is 8.87. The second-order valence-electron chi connectivity index (χ2n) is 8.87. The average Bonchev–Trinajstić information content (AvgIpc) is 3.29. The van der Waals surface area contributed by atoms with E-state index >= 15 is 0 Å². The molecule has 162 valence electrons. The maximum Gasteiger partial charge on any atom is 0.287 e. The Bertz CT molecular complexity index is 1180. The Morgan fingerprint density at radius 2 is 2.09 bits per heavy atom. The molecule has 1 aromatic carbocycles. The lowest BCUT2D eigenvalue weighted by molar-refractivity contribution is -0.132. The molecule has 2 aromatic heterocycles. The highest BCUT2D eigenvalue weighted by atomic mass is 16.3. The van der Waals surface area contributed by atoms with Crippen molar-refractivity contribution in [3.05, 3.63) is 65.7 Å². The summed E-state index contributed by atoms with van der Waals surface area (Å²) in [7, 11) is 0. The SMILES string of the molecule is N#Cc1cccc(CC(=O)N2CCC3(CC2)CC3CNC(=O)c2cc3ccncc3o2)c1. The number of benzene rings is 1. The quantitative estimate of drug-likeness (QED) is 0.672. The van der Waals surface area contributed by atoms with Gasteiger partial charge >= 0.3 is 0 Å². The van der Waals surface area contributed by atoms with E-state index in [2.05, 4.69) is 16.4 Å². The molecule has 1 unspecified atom stereocenters. The van der Waals surface area contributed by atoms with Gasteiger partial charge in [-0.15, -0.1) is 0 Å². The number of piperidine rings is 1. The van der Waals surface area contributed by atoms with E-state index in [0.717, 1.165) is 43.3 Å². The highest BCUT2D eigenvalue weighted by Crippen LogP contribution is 2.59. The number of hydrogen-bond donors (Lipinski definition) is 1. The predicted octanol–water partition coefficient (Wildman–Crippen LogP) is 3.30. The van der Waals surface area contributed by atoms with Crippen molar-refractivity contribution < 1.29 is 14.0 Å². The highest BCUT2D eigenvalue weighted by molar-refractivity contribution is 5.95. The molecule has 1 aliphatic heterocycles. The van der Waals surface area contributed by atoms with Crippen LogP contribution in [-0.4, -0.2) is 41.3 Å². The molecule has 1 atom stereocenters. The predicted molar refractivity (Wildman–Crippen MR) is 118 cm³/mol. The Morgan fingerprint density at radius 1 is 1.25 bits per heavy atom. The monoisotopic (exact) mass is 428 g/mol. The number of fused-ring (bicyclic) bond motifs is 1. The zero-order valence-electron chi connectivity index (χ0n) is 17.7. The van der Waals surface area contributed by atoms with Crippen molar-refractivity contribution in [1.29, 1.82) is 5.26 Å². The van der Waals surface area contributed by atoms with Gasteiger partial charge in [-0.25, -0.2) is 0 Å². The fraction of sp³-hybridized carbons (Fsp3) is 0.360. The largest absolute Gasteiger partial charge is 0.449 e. The normalized spacial score (nSPS) is 19.0.